The molecule has 0 aromatic rings. The highest BCUT2D eigenvalue weighted by atomic mass is 16.5. The van der Waals surface area contributed by atoms with Crippen molar-refractivity contribution in [2.75, 3.05) is 20.2 Å². The van der Waals surface area contributed by atoms with E-state index in [-0.39, 0.29) is 18.3 Å². The first-order chi connectivity index (χ1) is 7.61. The molecule has 0 aromatic heterocycles. The molecule has 0 rings (SSSR count). The summed E-state index contributed by atoms with van der Waals surface area (Å²) in [5, 5.41) is 0. The van der Waals surface area contributed by atoms with Gasteiger partial charge in [-0.2, -0.15) is 0 Å². The predicted octanol–water partition coefficient (Wildman–Crippen LogP) is 1.53. The first-order valence-electron chi connectivity index (χ1n) is 5.31. The van der Waals surface area contributed by atoms with E-state index >= 15 is 0 Å². The van der Waals surface area contributed by atoms with Crippen molar-refractivity contribution in [3.8, 4) is 0 Å². The molecule has 0 aliphatic carbocycles. The van der Waals surface area contributed by atoms with E-state index in [1.165, 1.54) is 11.0 Å². The summed E-state index contributed by atoms with van der Waals surface area (Å²) in [5.41, 5.74) is 0. The van der Waals surface area contributed by atoms with E-state index in [1.807, 2.05) is 13.0 Å². The van der Waals surface area contributed by atoms with E-state index in [0.717, 1.165) is 0 Å². The highest BCUT2D eigenvalue weighted by Crippen LogP contribution is 1.93. The molecule has 0 spiro atoms. The van der Waals surface area contributed by atoms with E-state index in [9.17, 15) is 9.59 Å². The predicted molar refractivity (Wildman–Crippen MR) is 62.8 cm³/mol. The van der Waals surface area contributed by atoms with Crippen LogP contribution in [-0.2, 0) is 14.3 Å². The fourth-order valence-electron chi connectivity index (χ4n) is 0.979. The third kappa shape index (κ3) is 6.81. The zero-order valence-electron chi connectivity index (χ0n) is 10.1. The van der Waals surface area contributed by atoms with Gasteiger partial charge in [-0.25, -0.2) is 0 Å². The van der Waals surface area contributed by atoms with Crippen LogP contribution in [-0.4, -0.2) is 37.0 Å². The Labute approximate surface area is 96.6 Å². The third-order valence-electron chi connectivity index (χ3n) is 1.88. The first kappa shape index (κ1) is 14.4. The molecule has 0 saturated heterocycles. The number of likely N-dealkylation sites (N-methyl/N-ethyl adjacent to an activating group) is 1. The van der Waals surface area contributed by atoms with Gasteiger partial charge in [0.25, 0.3) is 0 Å². The van der Waals surface area contributed by atoms with Crippen molar-refractivity contribution in [2.24, 2.45) is 0 Å². The largest absolute Gasteiger partial charge is 0.466 e. The molecule has 0 fully saturated rings. The molecule has 0 unspecified atom stereocenters. The van der Waals surface area contributed by atoms with Crippen molar-refractivity contribution in [3.05, 3.63) is 24.3 Å². The molecule has 4 heteroatoms. The van der Waals surface area contributed by atoms with Crippen molar-refractivity contribution >= 4 is 11.9 Å². The molecule has 0 saturated carbocycles. The molecule has 0 aliphatic heterocycles. The zero-order chi connectivity index (χ0) is 12.4. The number of ether oxygens (including phenoxy) is 1. The van der Waals surface area contributed by atoms with Gasteiger partial charge in [0.1, 0.15) is 0 Å². The second kappa shape index (κ2) is 8.71. The van der Waals surface area contributed by atoms with Gasteiger partial charge < -0.3 is 9.64 Å². The molecule has 90 valence electrons. The lowest BCUT2D eigenvalue weighted by Gasteiger charge is -2.13. The first-order valence-corrected chi connectivity index (χ1v) is 5.31. The molecule has 0 aliphatic rings. The van der Waals surface area contributed by atoms with E-state index in [0.29, 0.717) is 13.2 Å². The van der Waals surface area contributed by atoms with Gasteiger partial charge in [-0.3, -0.25) is 9.59 Å². The van der Waals surface area contributed by atoms with Gasteiger partial charge in [-0.05, 0) is 13.8 Å². The summed E-state index contributed by atoms with van der Waals surface area (Å²) in [6, 6.07) is 0. The Morgan fingerprint density at radius 3 is 2.56 bits per heavy atom. The topological polar surface area (TPSA) is 46.6 Å². The van der Waals surface area contributed by atoms with Crippen LogP contribution in [0.4, 0.5) is 0 Å². The lowest BCUT2D eigenvalue weighted by Crippen LogP contribution is -2.27. The highest BCUT2D eigenvalue weighted by Gasteiger charge is 2.07. The van der Waals surface area contributed by atoms with Gasteiger partial charge in [-0.15, -0.1) is 0 Å². The van der Waals surface area contributed by atoms with Crippen molar-refractivity contribution in [3.63, 3.8) is 0 Å². The Hall–Kier alpha value is -1.58. The smallest absolute Gasteiger partial charge is 0.307 e. The SMILES string of the molecule is CC=CC=CC(=O)N(C)CCC(=O)OCC. The Bertz CT molecular complexity index is 282. The maximum atomic E-state index is 11.4. The van der Waals surface area contributed by atoms with E-state index in [4.69, 9.17) is 4.74 Å². The second-order valence-electron chi connectivity index (χ2n) is 3.20. The Morgan fingerprint density at radius 1 is 1.31 bits per heavy atom. The lowest BCUT2D eigenvalue weighted by molar-refractivity contribution is -0.143. The Kier molecular flexibility index (Phi) is 7.85. The van der Waals surface area contributed by atoms with Crippen LogP contribution < -0.4 is 0 Å². The highest BCUT2D eigenvalue weighted by molar-refractivity contribution is 5.87. The average Bonchev–Trinajstić information content (AvgIpc) is 2.26. The van der Waals surface area contributed by atoms with Crippen molar-refractivity contribution in [2.45, 2.75) is 20.3 Å². The fraction of sp³-hybridized carbons (Fsp3) is 0.500. The van der Waals surface area contributed by atoms with E-state index < -0.39 is 0 Å². The molecular weight excluding hydrogens is 206 g/mol. The zero-order valence-corrected chi connectivity index (χ0v) is 10.1. The van der Waals surface area contributed by atoms with Crippen LogP contribution in [0, 0.1) is 0 Å². The normalized spacial score (nSPS) is 10.9. The van der Waals surface area contributed by atoms with Crippen molar-refractivity contribution in [1.29, 1.82) is 0 Å². The summed E-state index contributed by atoms with van der Waals surface area (Å²) in [6.07, 6.45) is 6.97. The number of amides is 1. The minimum absolute atomic E-state index is 0.123. The van der Waals surface area contributed by atoms with Gasteiger partial charge in [-0.1, -0.05) is 18.2 Å². The van der Waals surface area contributed by atoms with Gasteiger partial charge in [0.2, 0.25) is 5.91 Å². The summed E-state index contributed by atoms with van der Waals surface area (Å²) in [4.78, 5) is 24.0. The number of allylic oxidation sites excluding steroid dienone is 3. The molecule has 4 nitrogen and oxygen atoms in total. The Balaban J connectivity index is 3.92. The van der Waals surface area contributed by atoms with Crippen LogP contribution in [0.3, 0.4) is 0 Å². The van der Waals surface area contributed by atoms with E-state index in [1.54, 1.807) is 26.1 Å². The van der Waals surface area contributed by atoms with Crippen LogP contribution in [0.5, 0.6) is 0 Å². The van der Waals surface area contributed by atoms with Crippen LogP contribution in [0.15, 0.2) is 24.3 Å². The van der Waals surface area contributed by atoms with Gasteiger partial charge in [0.05, 0.1) is 13.0 Å². The lowest BCUT2D eigenvalue weighted by atomic mass is 10.3. The van der Waals surface area contributed by atoms with Crippen molar-refractivity contribution < 1.29 is 14.3 Å². The quantitative estimate of drug-likeness (QED) is 0.391. The summed E-state index contributed by atoms with van der Waals surface area (Å²) < 4.78 is 4.76. The number of carbonyl (C=O) groups excluding carboxylic acids is 2. The third-order valence-corrected chi connectivity index (χ3v) is 1.88. The monoisotopic (exact) mass is 225 g/mol. The molecule has 16 heavy (non-hydrogen) atoms. The summed E-state index contributed by atoms with van der Waals surface area (Å²) in [5.74, 6) is -0.401. The number of nitrogens with zero attached hydrogens (tertiary/aromatic N) is 1. The number of carbonyl (C=O) groups is 2. The molecule has 0 aromatic carbocycles. The molecular formula is C12H19NO3. The molecule has 0 heterocycles. The second-order valence-corrected chi connectivity index (χ2v) is 3.20. The molecule has 0 N–H and O–H groups in total. The number of hydrogen-bond acceptors (Lipinski definition) is 3. The molecule has 0 radical (unpaired) electrons. The number of hydrogen-bond donors (Lipinski definition) is 0. The standard InChI is InChI=1S/C12H19NO3/c1-4-6-7-8-11(14)13(3)10-9-12(15)16-5-2/h4,6-8H,5,9-10H2,1-3H3. The summed E-state index contributed by atoms with van der Waals surface area (Å²) in [7, 11) is 1.65. The van der Waals surface area contributed by atoms with Crippen LogP contribution in [0.1, 0.15) is 20.3 Å². The fourth-order valence-corrected chi connectivity index (χ4v) is 0.979. The summed E-state index contributed by atoms with van der Waals surface area (Å²) >= 11 is 0. The summed E-state index contributed by atoms with van der Waals surface area (Å²) in [6.45, 7) is 4.38. The van der Waals surface area contributed by atoms with Crippen molar-refractivity contribution in [1.82, 2.24) is 4.90 Å². The minimum Gasteiger partial charge on any atom is -0.466 e. The molecule has 0 bridgehead atoms. The molecule has 0 atom stereocenters. The van der Waals surface area contributed by atoms with Gasteiger partial charge >= 0.3 is 5.97 Å². The Morgan fingerprint density at radius 2 is 2.00 bits per heavy atom. The maximum absolute atomic E-state index is 11.4. The van der Waals surface area contributed by atoms with Gasteiger partial charge in [0.15, 0.2) is 0 Å². The average molecular weight is 225 g/mol. The minimum atomic E-state index is -0.278. The molecule has 1 amide bonds. The van der Waals surface area contributed by atoms with Crippen LogP contribution >= 0.6 is 0 Å². The van der Waals surface area contributed by atoms with Crippen LogP contribution in [0.2, 0.25) is 0 Å². The van der Waals surface area contributed by atoms with Crippen LogP contribution in [0.25, 0.3) is 0 Å². The maximum Gasteiger partial charge on any atom is 0.307 e. The van der Waals surface area contributed by atoms with E-state index in [2.05, 4.69) is 0 Å². The van der Waals surface area contributed by atoms with Gasteiger partial charge in [0, 0.05) is 19.7 Å². The number of esters is 1. The number of rotatable bonds is 6.